The maximum Gasteiger partial charge on any atom is 0.269 e. The standard InChI is InChI=1S/C15H14N2O3/c18-17(19)12-7-5-11(6-8-12)16-14-9-10-20-15-4-2-1-3-13(14)15/h1-8,14,16H,9-10H2. The first kappa shape index (κ1) is 12.5. The zero-order chi connectivity index (χ0) is 13.9. The molecule has 0 saturated carbocycles. The van der Waals surface area contributed by atoms with Crippen LogP contribution in [-0.2, 0) is 0 Å². The third kappa shape index (κ3) is 2.42. The second-order valence-corrected chi connectivity index (χ2v) is 4.68. The first-order valence-electron chi connectivity index (χ1n) is 6.47. The smallest absolute Gasteiger partial charge is 0.269 e. The highest BCUT2D eigenvalue weighted by Crippen LogP contribution is 2.34. The molecule has 1 aliphatic rings. The van der Waals surface area contributed by atoms with E-state index in [9.17, 15) is 10.1 Å². The van der Waals surface area contributed by atoms with Crippen LogP contribution < -0.4 is 10.1 Å². The minimum absolute atomic E-state index is 0.0999. The van der Waals surface area contributed by atoms with Crippen molar-refractivity contribution in [2.75, 3.05) is 11.9 Å². The average Bonchev–Trinajstić information content (AvgIpc) is 2.48. The van der Waals surface area contributed by atoms with Gasteiger partial charge in [-0.15, -0.1) is 0 Å². The fraction of sp³-hybridized carbons (Fsp3) is 0.200. The van der Waals surface area contributed by atoms with Gasteiger partial charge >= 0.3 is 0 Å². The summed E-state index contributed by atoms with van der Waals surface area (Å²) in [7, 11) is 0. The second-order valence-electron chi connectivity index (χ2n) is 4.68. The Morgan fingerprint density at radius 2 is 1.90 bits per heavy atom. The molecule has 5 nitrogen and oxygen atoms in total. The summed E-state index contributed by atoms with van der Waals surface area (Å²) in [5.74, 6) is 0.901. The molecular weight excluding hydrogens is 256 g/mol. The van der Waals surface area contributed by atoms with Crippen molar-refractivity contribution >= 4 is 11.4 Å². The summed E-state index contributed by atoms with van der Waals surface area (Å²) in [4.78, 5) is 10.2. The maximum atomic E-state index is 10.6. The largest absolute Gasteiger partial charge is 0.493 e. The molecule has 3 rings (SSSR count). The molecular formula is C15H14N2O3. The number of non-ortho nitro benzene ring substituents is 1. The van der Waals surface area contributed by atoms with Gasteiger partial charge in [0.1, 0.15) is 5.75 Å². The van der Waals surface area contributed by atoms with Crippen molar-refractivity contribution in [2.45, 2.75) is 12.5 Å². The van der Waals surface area contributed by atoms with E-state index < -0.39 is 4.92 Å². The van der Waals surface area contributed by atoms with Crippen molar-refractivity contribution in [3.05, 3.63) is 64.2 Å². The quantitative estimate of drug-likeness (QED) is 0.684. The van der Waals surface area contributed by atoms with E-state index in [4.69, 9.17) is 4.74 Å². The van der Waals surface area contributed by atoms with Gasteiger partial charge < -0.3 is 10.1 Å². The number of para-hydroxylation sites is 1. The summed E-state index contributed by atoms with van der Waals surface area (Å²) in [5, 5.41) is 14.0. The van der Waals surface area contributed by atoms with Gasteiger partial charge in [0, 0.05) is 29.8 Å². The van der Waals surface area contributed by atoms with E-state index in [0.29, 0.717) is 6.61 Å². The number of nitrogens with zero attached hydrogens (tertiary/aromatic N) is 1. The highest BCUT2D eigenvalue weighted by molar-refractivity contribution is 5.51. The summed E-state index contributed by atoms with van der Waals surface area (Å²) in [5.41, 5.74) is 2.09. The summed E-state index contributed by atoms with van der Waals surface area (Å²) < 4.78 is 5.61. The molecule has 1 atom stereocenters. The highest BCUT2D eigenvalue weighted by Gasteiger charge is 2.20. The molecule has 2 aromatic carbocycles. The first-order valence-corrected chi connectivity index (χ1v) is 6.47. The SMILES string of the molecule is O=[N+]([O-])c1ccc(NC2CCOc3ccccc32)cc1. The summed E-state index contributed by atoms with van der Waals surface area (Å²) >= 11 is 0. The van der Waals surface area contributed by atoms with Crippen LogP contribution in [0.15, 0.2) is 48.5 Å². The number of hydrogen-bond donors (Lipinski definition) is 1. The van der Waals surface area contributed by atoms with E-state index in [2.05, 4.69) is 5.32 Å². The average molecular weight is 270 g/mol. The summed E-state index contributed by atoms with van der Waals surface area (Å²) in [6, 6.07) is 14.6. The molecule has 0 spiro atoms. The second kappa shape index (κ2) is 5.21. The Balaban J connectivity index is 1.80. The maximum absolute atomic E-state index is 10.6. The monoisotopic (exact) mass is 270 g/mol. The van der Waals surface area contributed by atoms with Crippen LogP contribution in [0, 0.1) is 10.1 Å². The molecule has 0 amide bonds. The summed E-state index contributed by atoms with van der Waals surface area (Å²) in [6.07, 6.45) is 0.869. The lowest BCUT2D eigenvalue weighted by molar-refractivity contribution is -0.384. The van der Waals surface area contributed by atoms with Crippen LogP contribution in [0.2, 0.25) is 0 Å². The molecule has 1 aliphatic heterocycles. The predicted molar refractivity (Wildman–Crippen MR) is 76.0 cm³/mol. The molecule has 1 unspecified atom stereocenters. The highest BCUT2D eigenvalue weighted by atomic mass is 16.6. The Kier molecular flexibility index (Phi) is 3.25. The van der Waals surface area contributed by atoms with Gasteiger partial charge in [-0.25, -0.2) is 0 Å². The van der Waals surface area contributed by atoms with Gasteiger partial charge in [-0.3, -0.25) is 10.1 Å². The number of hydrogen-bond acceptors (Lipinski definition) is 4. The van der Waals surface area contributed by atoms with Gasteiger partial charge in [-0.05, 0) is 18.2 Å². The van der Waals surface area contributed by atoms with E-state index in [0.717, 1.165) is 23.4 Å². The van der Waals surface area contributed by atoms with Crippen molar-refractivity contribution < 1.29 is 9.66 Å². The zero-order valence-electron chi connectivity index (χ0n) is 10.8. The molecule has 0 fully saturated rings. The number of nitro groups is 1. The minimum Gasteiger partial charge on any atom is -0.493 e. The lowest BCUT2D eigenvalue weighted by Crippen LogP contribution is -2.20. The molecule has 1 heterocycles. The molecule has 0 aromatic heterocycles. The third-order valence-electron chi connectivity index (χ3n) is 3.38. The molecule has 0 aliphatic carbocycles. The molecule has 5 heteroatoms. The van der Waals surface area contributed by atoms with E-state index in [1.54, 1.807) is 12.1 Å². The molecule has 0 bridgehead atoms. The minimum atomic E-state index is -0.395. The van der Waals surface area contributed by atoms with Crippen LogP contribution in [-0.4, -0.2) is 11.5 Å². The lowest BCUT2D eigenvalue weighted by atomic mass is 10.0. The van der Waals surface area contributed by atoms with E-state index in [1.807, 2.05) is 24.3 Å². The number of nitro benzene ring substituents is 1. The Hall–Kier alpha value is -2.56. The van der Waals surface area contributed by atoms with Crippen molar-refractivity contribution in [1.29, 1.82) is 0 Å². The van der Waals surface area contributed by atoms with Gasteiger partial charge in [0.2, 0.25) is 0 Å². The van der Waals surface area contributed by atoms with Gasteiger partial charge in [0.15, 0.2) is 0 Å². The van der Waals surface area contributed by atoms with E-state index >= 15 is 0 Å². The number of nitrogens with one attached hydrogen (secondary N) is 1. The molecule has 20 heavy (non-hydrogen) atoms. The zero-order valence-corrected chi connectivity index (χ0v) is 10.8. The predicted octanol–water partition coefficient (Wildman–Crippen LogP) is 3.53. The fourth-order valence-electron chi connectivity index (χ4n) is 2.37. The van der Waals surface area contributed by atoms with Crippen molar-refractivity contribution in [3.63, 3.8) is 0 Å². The molecule has 0 saturated heterocycles. The van der Waals surface area contributed by atoms with E-state index in [1.165, 1.54) is 12.1 Å². The lowest BCUT2D eigenvalue weighted by Gasteiger charge is -2.27. The Morgan fingerprint density at radius 1 is 1.15 bits per heavy atom. The molecule has 1 N–H and O–H groups in total. The fourth-order valence-corrected chi connectivity index (χ4v) is 2.37. The van der Waals surface area contributed by atoms with Gasteiger partial charge in [-0.2, -0.15) is 0 Å². The van der Waals surface area contributed by atoms with Gasteiger partial charge in [0.25, 0.3) is 5.69 Å². The molecule has 2 aromatic rings. The number of benzene rings is 2. The first-order chi connectivity index (χ1) is 9.74. The third-order valence-corrected chi connectivity index (χ3v) is 3.38. The van der Waals surface area contributed by atoms with E-state index in [-0.39, 0.29) is 11.7 Å². The van der Waals surface area contributed by atoms with Crippen LogP contribution in [0.3, 0.4) is 0 Å². The molecule has 102 valence electrons. The van der Waals surface area contributed by atoms with Crippen LogP contribution in [0.1, 0.15) is 18.0 Å². The Labute approximate surface area is 116 Å². The Bertz CT molecular complexity index is 625. The van der Waals surface area contributed by atoms with Crippen molar-refractivity contribution in [1.82, 2.24) is 0 Å². The number of anilines is 1. The van der Waals surface area contributed by atoms with Gasteiger partial charge in [0.05, 0.1) is 17.6 Å². The van der Waals surface area contributed by atoms with Crippen LogP contribution in [0.4, 0.5) is 11.4 Å². The molecule has 0 radical (unpaired) electrons. The normalized spacial score (nSPS) is 16.9. The van der Waals surface area contributed by atoms with Crippen LogP contribution in [0.25, 0.3) is 0 Å². The number of ether oxygens (including phenoxy) is 1. The Morgan fingerprint density at radius 3 is 2.65 bits per heavy atom. The van der Waals surface area contributed by atoms with Crippen LogP contribution in [0.5, 0.6) is 5.75 Å². The van der Waals surface area contributed by atoms with Crippen molar-refractivity contribution in [3.8, 4) is 5.75 Å². The van der Waals surface area contributed by atoms with Gasteiger partial charge in [-0.1, -0.05) is 18.2 Å². The summed E-state index contributed by atoms with van der Waals surface area (Å²) in [6.45, 7) is 0.668. The van der Waals surface area contributed by atoms with Crippen LogP contribution >= 0.6 is 0 Å². The topological polar surface area (TPSA) is 64.4 Å². The number of rotatable bonds is 3. The van der Waals surface area contributed by atoms with Crippen molar-refractivity contribution in [2.24, 2.45) is 0 Å². The number of fused-ring (bicyclic) bond motifs is 1.